The SMILES string of the molecule is CCCCCCCCCCCc1ccc(C2OCC3O[C@@H](OC)C(O)[C@@H](O)[C@@H]3O2)cc1. The van der Waals surface area contributed by atoms with Crippen molar-refractivity contribution in [2.24, 2.45) is 0 Å². The number of rotatable bonds is 12. The lowest BCUT2D eigenvalue weighted by Gasteiger charge is -2.45. The molecule has 0 saturated carbocycles. The van der Waals surface area contributed by atoms with Crippen LogP contribution < -0.4 is 0 Å². The van der Waals surface area contributed by atoms with E-state index in [-0.39, 0.29) is 6.61 Å². The van der Waals surface area contributed by atoms with Crippen molar-refractivity contribution in [2.45, 2.75) is 108 Å². The molecule has 3 rings (SSSR count). The Labute approximate surface area is 186 Å². The maximum atomic E-state index is 10.4. The zero-order chi connectivity index (χ0) is 22.1. The van der Waals surface area contributed by atoms with Crippen molar-refractivity contribution in [3.8, 4) is 0 Å². The van der Waals surface area contributed by atoms with Gasteiger partial charge in [0.05, 0.1) is 6.61 Å². The van der Waals surface area contributed by atoms with E-state index in [0.717, 1.165) is 12.0 Å². The summed E-state index contributed by atoms with van der Waals surface area (Å²) in [5.41, 5.74) is 2.23. The Morgan fingerprint density at radius 1 is 0.871 bits per heavy atom. The van der Waals surface area contributed by atoms with Gasteiger partial charge in [0, 0.05) is 12.7 Å². The monoisotopic (exact) mass is 436 g/mol. The molecule has 2 aliphatic heterocycles. The second-order valence-corrected chi connectivity index (χ2v) is 8.85. The van der Waals surface area contributed by atoms with Crippen molar-refractivity contribution in [1.82, 2.24) is 0 Å². The number of benzene rings is 1. The fraction of sp³-hybridized carbons (Fsp3) is 0.760. The first-order chi connectivity index (χ1) is 15.1. The highest BCUT2D eigenvalue weighted by Gasteiger charge is 2.48. The average Bonchev–Trinajstić information content (AvgIpc) is 2.80. The Kier molecular flexibility index (Phi) is 10.2. The van der Waals surface area contributed by atoms with Crippen molar-refractivity contribution < 1.29 is 29.2 Å². The Bertz CT molecular complexity index is 619. The molecular formula is C25H40O6. The van der Waals surface area contributed by atoms with Crippen LogP contribution in [0.3, 0.4) is 0 Å². The molecule has 2 saturated heterocycles. The molecule has 0 radical (unpaired) electrons. The van der Waals surface area contributed by atoms with Gasteiger partial charge in [0.1, 0.15) is 24.4 Å². The third-order valence-electron chi connectivity index (χ3n) is 6.39. The van der Waals surface area contributed by atoms with E-state index < -0.39 is 37.0 Å². The van der Waals surface area contributed by atoms with Gasteiger partial charge in [0.2, 0.25) is 0 Å². The van der Waals surface area contributed by atoms with Crippen LogP contribution in [0, 0.1) is 0 Å². The van der Waals surface area contributed by atoms with E-state index in [1.54, 1.807) is 0 Å². The lowest BCUT2D eigenvalue weighted by atomic mass is 9.97. The van der Waals surface area contributed by atoms with Gasteiger partial charge in [0.15, 0.2) is 12.6 Å². The molecule has 6 heteroatoms. The van der Waals surface area contributed by atoms with E-state index >= 15 is 0 Å². The van der Waals surface area contributed by atoms with E-state index in [0.29, 0.717) is 0 Å². The van der Waals surface area contributed by atoms with Gasteiger partial charge in [0.25, 0.3) is 0 Å². The molecule has 2 heterocycles. The summed E-state index contributed by atoms with van der Waals surface area (Å²) in [6.45, 7) is 2.54. The molecule has 2 N–H and O–H groups in total. The second kappa shape index (κ2) is 12.9. The van der Waals surface area contributed by atoms with E-state index in [9.17, 15) is 10.2 Å². The highest BCUT2D eigenvalue weighted by atomic mass is 16.7. The van der Waals surface area contributed by atoms with Gasteiger partial charge in [-0.2, -0.15) is 0 Å². The van der Waals surface area contributed by atoms with Crippen LogP contribution in [-0.4, -0.2) is 54.6 Å². The molecule has 6 nitrogen and oxygen atoms in total. The van der Waals surface area contributed by atoms with Gasteiger partial charge < -0.3 is 29.2 Å². The van der Waals surface area contributed by atoms with Crippen molar-refractivity contribution in [3.63, 3.8) is 0 Å². The number of aliphatic hydroxyl groups is 2. The predicted octanol–water partition coefficient (Wildman–Crippen LogP) is 4.27. The predicted molar refractivity (Wildman–Crippen MR) is 119 cm³/mol. The number of hydrogen-bond acceptors (Lipinski definition) is 6. The minimum Gasteiger partial charge on any atom is -0.387 e. The molecule has 0 aromatic heterocycles. The maximum Gasteiger partial charge on any atom is 0.186 e. The zero-order valence-electron chi connectivity index (χ0n) is 19.1. The lowest BCUT2D eigenvalue weighted by molar-refractivity contribution is -0.358. The van der Waals surface area contributed by atoms with Gasteiger partial charge in [-0.25, -0.2) is 0 Å². The molecule has 1 aromatic carbocycles. The highest BCUT2D eigenvalue weighted by Crippen LogP contribution is 2.34. The van der Waals surface area contributed by atoms with Crippen molar-refractivity contribution in [2.75, 3.05) is 13.7 Å². The number of hydrogen-bond donors (Lipinski definition) is 2. The number of fused-ring (bicyclic) bond motifs is 1. The van der Waals surface area contributed by atoms with E-state index in [1.165, 1.54) is 70.5 Å². The second-order valence-electron chi connectivity index (χ2n) is 8.85. The molecule has 176 valence electrons. The first kappa shape index (κ1) is 24.6. The minimum absolute atomic E-state index is 0.277. The van der Waals surface area contributed by atoms with Gasteiger partial charge in [-0.05, 0) is 18.4 Å². The molecule has 3 unspecified atom stereocenters. The summed E-state index contributed by atoms with van der Waals surface area (Å²) in [6, 6.07) is 8.31. The first-order valence-corrected chi connectivity index (χ1v) is 12.0. The van der Waals surface area contributed by atoms with Crippen molar-refractivity contribution >= 4 is 0 Å². The lowest BCUT2D eigenvalue weighted by Crippen LogP contribution is -2.62. The van der Waals surface area contributed by atoms with Crippen LogP contribution in [0.15, 0.2) is 24.3 Å². The molecule has 1 aromatic rings. The molecular weight excluding hydrogens is 396 g/mol. The van der Waals surface area contributed by atoms with Gasteiger partial charge in [-0.15, -0.1) is 0 Å². The summed E-state index contributed by atoms with van der Waals surface area (Å²) in [7, 11) is 1.44. The fourth-order valence-electron chi connectivity index (χ4n) is 4.42. The van der Waals surface area contributed by atoms with E-state index in [4.69, 9.17) is 18.9 Å². The number of methoxy groups -OCH3 is 1. The Morgan fingerprint density at radius 2 is 1.52 bits per heavy atom. The summed E-state index contributed by atoms with van der Waals surface area (Å²) in [5.74, 6) is 0. The topological polar surface area (TPSA) is 77.4 Å². The Balaban J connectivity index is 1.38. The van der Waals surface area contributed by atoms with Crippen LogP contribution in [0.5, 0.6) is 0 Å². The third kappa shape index (κ3) is 6.98. The van der Waals surface area contributed by atoms with Crippen LogP contribution in [0.25, 0.3) is 0 Å². The molecule has 0 aliphatic carbocycles. The summed E-state index contributed by atoms with van der Waals surface area (Å²) in [5, 5.41) is 20.5. The number of aliphatic hydroxyl groups excluding tert-OH is 2. The Hall–Kier alpha value is -1.02. The molecule has 0 spiro atoms. The first-order valence-electron chi connectivity index (χ1n) is 12.0. The molecule has 6 atom stereocenters. The number of ether oxygens (including phenoxy) is 4. The van der Waals surface area contributed by atoms with E-state index in [2.05, 4.69) is 19.1 Å². The highest BCUT2D eigenvalue weighted by molar-refractivity contribution is 5.24. The zero-order valence-corrected chi connectivity index (χ0v) is 19.1. The number of unbranched alkanes of at least 4 members (excludes halogenated alkanes) is 8. The van der Waals surface area contributed by atoms with Gasteiger partial charge in [-0.1, -0.05) is 82.6 Å². The molecule has 2 fully saturated rings. The minimum atomic E-state index is -1.15. The summed E-state index contributed by atoms with van der Waals surface area (Å²) >= 11 is 0. The summed E-state index contributed by atoms with van der Waals surface area (Å²) in [6.07, 6.45) is 8.32. The average molecular weight is 437 g/mol. The number of aryl methyl sites for hydroxylation is 1. The van der Waals surface area contributed by atoms with Crippen LogP contribution >= 0.6 is 0 Å². The van der Waals surface area contributed by atoms with Crippen LogP contribution in [0.4, 0.5) is 0 Å². The van der Waals surface area contributed by atoms with Crippen molar-refractivity contribution in [3.05, 3.63) is 35.4 Å². The Morgan fingerprint density at radius 3 is 2.16 bits per heavy atom. The van der Waals surface area contributed by atoms with E-state index in [1.807, 2.05) is 12.1 Å². The standard InChI is InChI=1S/C25H40O6/c1-3-4-5-6-7-8-9-10-11-12-18-13-15-19(16-14-18)24-29-17-20-23(31-24)21(26)22(27)25(28-2)30-20/h13-16,20-27H,3-12,17H2,1-2H3/t20?,21-,22?,23-,24?,25-/m1/s1. The van der Waals surface area contributed by atoms with Crippen LogP contribution in [0.2, 0.25) is 0 Å². The smallest absolute Gasteiger partial charge is 0.186 e. The van der Waals surface area contributed by atoms with Crippen LogP contribution in [-0.2, 0) is 25.4 Å². The summed E-state index contributed by atoms with van der Waals surface area (Å²) in [4.78, 5) is 0. The fourth-order valence-corrected chi connectivity index (χ4v) is 4.42. The van der Waals surface area contributed by atoms with Crippen LogP contribution in [0.1, 0.15) is 82.1 Å². The molecule has 31 heavy (non-hydrogen) atoms. The normalized spacial score (nSPS) is 30.8. The summed E-state index contributed by atoms with van der Waals surface area (Å²) < 4.78 is 22.5. The van der Waals surface area contributed by atoms with Gasteiger partial charge >= 0.3 is 0 Å². The quantitative estimate of drug-likeness (QED) is 0.477. The maximum absolute atomic E-state index is 10.4. The molecule has 0 bridgehead atoms. The molecule has 0 amide bonds. The third-order valence-corrected chi connectivity index (χ3v) is 6.39. The molecule has 2 aliphatic rings. The van der Waals surface area contributed by atoms with Crippen molar-refractivity contribution in [1.29, 1.82) is 0 Å². The largest absolute Gasteiger partial charge is 0.387 e. The van der Waals surface area contributed by atoms with Gasteiger partial charge in [-0.3, -0.25) is 0 Å².